The Morgan fingerprint density at radius 3 is 2.06 bits per heavy atom. The lowest BCUT2D eigenvalue weighted by Gasteiger charge is -2.64. The lowest BCUT2D eigenvalue weighted by molar-refractivity contribution is -0.291. The Bertz CT molecular complexity index is 662. The molecule has 0 spiro atoms. The molecule has 0 aromatic rings. The highest BCUT2D eigenvalue weighted by Crippen LogP contribution is 2.63. The summed E-state index contributed by atoms with van der Waals surface area (Å²) in [6.07, 6.45) is 5.83. The zero-order chi connectivity index (χ0) is 22.8. The summed E-state index contributed by atoms with van der Waals surface area (Å²) in [6.45, 7) is 11.0. The third kappa shape index (κ3) is 5.36. The summed E-state index contributed by atoms with van der Waals surface area (Å²) in [7, 11) is 0. The van der Waals surface area contributed by atoms with Gasteiger partial charge in [0.05, 0.1) is 17.6 Å². The van der Waals surface area contributed by atoms with Crippen LogP contribution in [0.1, 0.15) is 92.4 Å². The first-order valence-corrected chi connectivity index (χ1v) is 11.9. The maximum absolute atomic E-state index is 13.0. The standard InChI is InChI=1S/C24H40O7/c1-6-9-27-17-29-22-11-18-12-23(14-22,30-19(25)21(4,5)8-3)16-24(13-18,15-22)31-20(26)28-10-7-2/h18H,6-17H2,1-5H3. The van der Waals surface area contributed by atoms with Crippen molar-refractivity contribution in [2.24, 2.45) is 11.3 Å². The van der Waals surface area contributed by atoms with Gasteiger partial charge in [0, 0.05) is 25.9 Å². The summed E-state index contributed by atoms with van der Waals surface area (Å²) in [4.78, 5) is 25.4. The molecule has 7 heteroatoms. The van der Waals surface area contributed by atoms with E-state index in [-0.39, 0.29) is 18.7 Å². The van der Waals surface area contributed by atoms with Crippen LogP contribution in [0.25, 0.3) is 0 Å². The van der Waals surface area contributed by atoms with E-state index in [1.54, 1.807) is 0 Å². The fraction of sp³-hybridized carbons (Fsp3) is 0.917. The summed E-state index contributed by atoms with van der Waals surface area (Å²) in [6, 6.07) is 0. The molecule has 0 amide bonds. The van der Waals surface area contributed by atoms with Gasteiger partial charge in [-0.25, -0.2) is 4.79 Å². The zero-order valence-electron chi connectivity index (χ0n) is 19.9. The van der Waals surface area contributed by atoms with Gasteiger partial charge in [0.15, 0.2) is 0 Å². The number of ether oxygens (including phenoxy) is 5. The van der Waals surface area contributed by atoms with Gasteiger partial charge in [0.2, 0.25) is 0 Å². The minimum Gasteiger partial charge on any atom is -0.458 e. The molecule has 4 atom stereocenters. The normalized spacial score (nSPS) is 33.9. The van der Waals surface area contributed by atoms with Crippen LogP contribution in [0.3, 0.4) is 0 Å². The van der Waals surface area contributed by atoms with Crippen LogP contribution in [0, 0.1) is 11.3 Å². The predicted octanol–water partition coefficient (Wildman–Crippen LogP) is 5.14. The van der Waals surface area contributed by atoms with E-state index in [1.807, 2.05) is 27.7 Å². The zero-order valence-corrected chi connectivity index (χ0v) is 19.9. The molecule has 4 aliphatic carbocycles. The highest BCUT2D eigenvalue weighted by molar-refractivity contribution is 5.76. The molecule has 0 saturated heterocycles. The quantitative estimate of drug-likeness (QED) is 0.250. The van der Waals surface area contributed by atoms with Crippen LogP contribution in [0.5, 0.6) is 0 Å². The molecule has 4 aliphatic rings. The Hall–Kier alpha value is -1.34. The first-order chi connectivity index (χ1) is 14.6. The highest BCUT2D eigenvalue weighted by Gasteiger charge is 2.68. The molecule has 31 heavy (non-hydrogen) atoms. The minimum atomic E-state index is -0.731. The summed E-state index contributed by atoms with van der Waals surface area (Å²) < 4.78 is 29.3. The van der Waals surface area contributed by atoms with E-state index in [0.29, 0.717) is 38.9 Å². The van der Waals surface area contributed by atoms with E-state index in [9.17, 15) is 9.59 Å². The van der Waals surface area contributed by atoms with E-state index in [0.717, 1.165) is 32.1 Å². The smallest absolute Gasteiger partial charge is 0.458 e. The van der Waals surface area contributed by atoms with Crippen LogP contribution in [-0.2, 0) is 28.5 Å². The van der Waals surface area contributed by atoms with E-state index in [1.165, 1.54) is 0 Å². The molecule has 0 aromatic heterocycles. The highest BCUT2D eigenvalue weighted by atomic mass is 16.7. The molecular formula is C24H40O7. The van der Waals surface area contributed by atoms with Crippen LogP contribution in [0.2, 0.25) is 0 Å². The third-order valence-electron chi connectivity index (χ3n) is 7.18. The van der Waals surface area contributed by atoms with Gasteiger partial charge in [-0.15, -0.1) is 0 Å². The second-order valence-corrected chi connectivity index (χ2v) is 10.6. The van der Waals surface area contributed by atoms with Crippen LogP contribution < -0.4 is 0 Å². The Kier molecular flexibility index (Phi) is 7.26. The SMILES string of the molecule is CCCOCOC12CC3CC(OC(=O)OCCC)(C1)CC(OC(=O)C(C)(C)CC)(C3)C2. The van der Waals surface area contributed by atoms with Gasteiger partial charge in [-0.3, -0.25) is 4.79 Å². The Labute approximate surface area is 186 Å². The number of carbonyl (C=O) groups is 2. The Morgan fingerprint density at radius 1 is 0.871 bits per heavy atom. The van der Waals surface area contributed by atoms with Gasteiger partial charge in [-0.2, -0.15) is 0 Å². The average molecular weight is 441 g/mol. The van der Waals surface area contributed by atoms with Crippen molar-refractivity contribution in [2.75, 3.05) is 20.0 Å². The first-order valence-electron chi connectivity index (χ1n) is 11.9. The van der Waals surface area contributed by atoms with Crippen molar-refractivity contribution in [1.29, 1.82) is 0 Å². The first kappa shape index (κ1) is 24.3. The maximum Gasteiger partial charge on any atom is 0.508 e. The van der Waals surface area contributed by atoms with E-state index >= 15 is 0 Å². The maximum atomic E-state index is 13.0. The monoisotopic (exact) mass is 440 g/mol. The van der Waals surface area contributed by atoms with Crippen LogP contribution in [-0.4, -0.2) is 48.9 Å². The van der Waals surface area contributed by atoms with Gasteiger partial charge in [0.25, 0.3) is 0 Å². The number of hydrogen-bond acceptors (Lipinski definition) is 7. The molecular weight excluding hydrogens is 400 g/mol. The second-order valence-electron chi connectivity index (χ2n) is 10.6. The number of esters is 1. The lowest BCUT2D eigenvalue weighted by atomic mass is 9.50. The minimum absolute atomic E-state index is 0.196. The molecule has 4 saturated carbocycles. The fourth-order valence-corrected chi connectivity index (χ4v) is 5.81. The molecule has 178 valence electrons. The number of carbonyl (C=O) groups excluding carboxylic acids is 2. The van der Waals surface area contributed by atoms with Crippen molar-refractivity contribution in [3.63, 3.8) is 0 Å². The van der Waals surface area contributed by atoms with Crippen molar-refractivity contribution < 1.29 is 33.3 Å². The fourth-order valence-electron chi connectivity index (χ4n) is 5.81. The number of rotatable bonds is 11. The second kappa shape index (κ2) is 9.26. The third-order valence-corrected chi connectivity index (χ3v) is 7.18. The van der Waals surface area contributed by atoms with E-state index in [2.05, 4.69) is 6.92 Å². The molecule has 0 aliphatic heterocycles. The topological polar surface area (TPSA) is 80.3 Å². The molecule has 0 N–H and O–H groups in total. The molecule has 7 nitrogen and oxygen atoms in total. The van der Waals surface area contributed by atoms with Crippen molar-refractivity contribution in [1.82, 2.24) is 0 Å². The molecule has 4 unspecified atom stereocenters. The molecule has 4 bridgehead atoms. The van der Waals surface area contributed by atoms with E-state index in [4.69, 9.17) is 23.7 Å². The Morgan fingerprint density at radius 2 is 1.45 bits per heavy atom. The van der Waals surface area contributed by atoms with Gasteiger partial charge >= 0.3 is 12.1 Å². The molecule has 4 fully saturated rings. The van der Waals surface area contributed by atoms with Gasteiger partial charge in [-0.05, 0) is 58.3 Å². The molecule has 0 aromatic carbocycles. The Balaban J connectivity index is 1.83. The van der Waals surface area contributed by atoms with Crippen molar-refractivity contribution in [3.8, 4) is 0 Å². The van der Waals surface area contributed by atoms with Crippen molar-refractivity contribution in [2.45, 2.75) is 109 Å². The van der Waals surface area contributed by atoms with Gasteiger partial charge < -0.3 is 23.7 Å². The summed E-state index contributed by atoms with van der Waals surface area (Å²) in [5.41, 5.74) is -2.49. The van der Waals surface area contributed by atoms with Crippen LogP contribution in [0.4, 0.5) is 4.79 Å². The summed E-state index contributed by atoms with van der Waals surface area (Å²) >= 11 is 0. The van der Waals surface area contributed by atoms with Crippen LogP contribution in [0.15, 0.2) is 0 Å². The summed E-state index contributed by atoms with van der Waals surface area (Å²) in [5, 5.41) is 0. The number of hydrogen-bond donors (Lipinski definition) is 0. The molecule has 0 radical (unpaired) electrons. The van der Waals surface area contributed by atoms with Crippen molar-refractivity contribution >= 4 is 12.1 Å². The lowest BCUT2D eigenvalue weighted by Crippen LogP contribution is -2.69. The molecule has 0 heterocycles. The predicted molar refractivity (Wildman–Crippen MR) is 114 cm³/mol. The average Bonchev–Trinajstić information content (AvgIpc) is 2.68. The van der Waals surface area contributed by atoms with Gasteiger partial charge in [0.1, 0.15) is 18.0 Å². The molecule has 4 rings (SSSR count). The van der Waals surface area contributed by atoms with Crippen molar-refractivity contribution in [3.05, 3.63) is 0 Å². The van der Waals surface area contributed by atoms with E-state index < -0.39 is 28.4 Å². The van der Waals surface area contributed by atoms with Crippen LogP contribution >= 0.6 is 0 Å². The van der Waals surface area contributed by atoms with Gasteiger partial charge in [-0.1, -0.05) is 20.8 Å². The summed E-state index contributed by atoms with van der Waals surface area (Å²) in [5.74, 6) is 0.0666. The largest absolute Gasteiger partial charge is 0.508 e.